The Bertz CT molecular complexity index is 423. The topological polar surface area (TPSA) is 38.5 Å². The first-order valence-electron chi connectivity index (χ1n) is 7.75. The minimum atomic E-state index is 0.201. The van der Waals surface area contributed by atoms with Gasteiger partial charge < -0.3 is 15.4 Å². The Labute approximate surface area is 134 Å². The summed E-state index contributed by atoms with van der Waals surface area (Å²) in [7, 11) is 1.73. The molecule has 0 saturated carbocycles. The number of hydrogen-bond acceptors (Lipinski definition) is 3. The molecule has 0 aliphatic carbocycles. The fourth-order valence-corrected chi connectivity index (χ4v) is 2.66. The summed E-state index contributed by atoms with van der Waals surface area (Å²) in [6.07, 6.45) is 1.85. The van der Waals surface area contributed by atoms with Crippen molar-refractivity contribution in [3.63, 3.8) is 0 Å². The molecule has 0 fully saturated rings. The molecule has 3 nitrogen and oxygen atoms in total. The first-order valence-corrected chi connectivity index (χ1v) is 8.13. The summed E-state index contributed by atoms with van der Waals surface area (Å²) in [6.45, 7) is 9.05. The highest BCUT2D eigenvalue weighted by atomic mass is 35.5. The van der Waals surface area contributed by atoms with Gasteiger partial charge in [-0.25, -0.2) is 0 Å². The number of halogens is 1. The molecular weight excluding hydrogens is 284 g/mol. The van der Waals surface area contributed by atoms with Gasteiger partial charge >= 0.3 is 0 Å². The van der Waals surface area contributed by atoms with Crippen molar-refractivity contribution in [1.82, 2.24) is 0 Å². The van der Waals surface area contributed by atoms with Gasteiger partial charge in [0.25, 0.3) is 0 Å². The van der Waals surface area contributed by atoms with Crippen LogP contribution in [0.2, 0.25) is 5.02 Å². The van der Waals surface area contributed by atoms with E-state index in [1.54, 1.807) is 7.11 Å². The molecule has 0 amide bonds. The van der Waals surface area contributed by atoms with Crippen molar-refractivity contribution >= 4 is 17.3 Å². The van der Waals surface area contributed by atoms with E-state index < -0.39 is 0 Å². The van der Waals surface area contributed by atoms with E-state index in [9.17, 15) is 0 Å². The van der Waals surface area contributed by atoms with Crippen LogP contribution in [0.25, 0.3) is 0 Å². The van der Waals surface area contributed by atoms with Crippen LogP contribution in [0, 0.1) is 5.92 Å². The molecule has 0 radical (unpaired) electrons. The van der Waals surface area contributed by atoms with Crippen molar-refractivity contribution in [2.75, 3.05) is 31.7 Å². The van der Waals surface area contributed by atoms with Crippen LogP contribution in [0.4, 0.5) is 5.69 Å². The molecule has 120 valence electrons. The molecule has 0 aliphatic heterocycles. The van der Waals surface area contributed by atoms with Crippen LogP contribution in [0.5, 0.6) is 0 Å². The normalized spacial score (nSPS) is 12.7. The van der Waals surface area contributed by atoms with E-state index in [4.69, 9.17) is 22.1 Å². The van der Waals surface area contributed by atoms with E-state index in [0.29, 0.717) is 12.5 Å². The van der Waals surface area contributed by atoms with Gasteiger partial charge in [0.15, 0.2) is 0 Å². The second-order valence-corrected chi connectivity index (χ2v) is 6.40. The summed E-state index contributed by atoms with van der Waals surface area (Å²) in [5.74, 6) is 0.575. The number of rotatable bonds is 9. The SMILES string of the molecule is CCC(N)Cc1ccc(N(CCOC)CC(C)C)c(Cl)c1. The first-order chi connectivity index (χ1) is 9.97. The molecule has 21 heavy (non-hydrogen) atoms. The summed E-state index contributed by atoms with van der Waals surface area (Å²) in [4.78, 5) is 2.29. The van der Waals surface area contributed by atoms with Gasteiger partial charge in [0.1, 0.15) is 0 Å². The standard InChI is InChI=1S/C17H29ClN2O/c1-5-15(19)10-14-6-7-17(16(18)11-14)20(8-9-21-4)12-13(2)3/h6-7,11,13,15H,5,8-10,12,19H2,1-4H3. The fraction of sp³-hybridized carbons (Fsp3) is 0.647. The van der Waals surface area contributed by atoms with Crippen molar-refractivity contribution in [2.45, 2.75) is 39.7 Å². The van der Waals surface area contributed by atoms with E-state index in [2.05, 4.69) is 37.8 Å². The van der Waals surface area contributed by atoms with Crippen LogP contribution < -0.4 is 10.6 Å². The number of benzene rings is 1. The molecule has 0 bridgehead atoms. The third-order valence-corrected chi connectivity index (χ3v) is 3.83. The molecule has 0 spiro atoms. The highest BCUT2D eigenvalue weighted by Gasteiger charge is 2.13. The number of methoxy groups -OCH3 is 1. The number of ether oxygens (including phenoxy) is 1. The Morgan fingerprint density at radius 3 is 2.57 bits per heavy atom. The summed E-state index contributed by atoms with van der Waals surface area (Å²) in [5.41, 5.74) is 8.30. The van der Waals surface area contributed by atoms with Crippen molar-refractivity contribution < 1.29 is 4.74 Å². The average Bonchev–Trinajstić information content (AvgIpc) is 2.43. The highest BCUT2D eigenvalue weighted by Crippen LogP contribution is 2.28. The lowest BCUT2D eigenvalue weighted by Gasteiger charge is -2.27. The van der Waals surface area contributed by atoms with Gasteiger partial charge in [-0.3, -0.25) is 0 Å². The van der Waals surface area contributed by atoms with Gasteiger partial charge in [0, 0.05) is 26.2 Å². The molecule has 1 rings (SSSR count). The summed E-state index contributed by atoms with van der Waals surface area (Å²) in [6, 6.07) is 6.49. The molecule has 4 heteroatoms. The molecule has 2 N–H and O–H groups in total. The number of nitrogens with two attached hydrogens (primary N) is 1. The van der Waals surface area contributed by atoms with Crippen LogP contribution in [0.1, 0.15) is 32.8 Å². The molecule has 0 aliphatic rings. The Morgan fingerprint density at radius 1 is 1.33 bits per heavy atom. The zero-order valence-corrected chi connectivity index (χ0v) is 14.5. The molecule has 0 aromatic heterocycles. The Balaban J connectivity index is 2.87. The molecule has 1 aromatic rings. The molecule has 1 unspecified atom stereocenters. The molecule has 1 aromatic carbocycles. The van der Waals surface area contributed by atoms with Crippen LogP contribution in [-0.2, 0) is 11.2 Å². The van der Waals surface area contributed by atoms with E-state index in [1.165, 1.54) is 5.56 Å². The average molecular weight is 313 g/mol. The number of nitrogens with zero attached hydrogens (tertiary/aromatic N) is 1. The van der Waals surface area contributed by atoms with Crippen LogP contribution in [0.15, 0.2) is 18.2 Å². The molecule has 0 saturated heterocycles. The van der Waals surface area contributed by atoms with Crippen LogP contribution in [0.3, 0.4) is 0 Å². The summed E-state index contributed by atoms with van der Waals surface area (Å²) >= 11 is 6.49. The zero-order valence-electron chi connectivity index (χ0n) is 13.7. The first kappa shape index (κ1) is 18.3. The van der Waals surface area contributed by atoms with Gasteiger partial charge in [-0.2, -0.15) is 0 Å². The van der Waals surface area contributed by atoms with E-state index in [1.807, 2.05) is 6.07 Å². The summed E-state index contributed by atoms with van der Waals surface area (Å²) < 4.78 is 5.20. The van der Waals surface area contributed by atoms with Crippen LogP contribution >= 0.6 is 11.6 Å². The number of anilines is 1. The zero-order chi connectivity index (χ0) is 15.8. The second-order valence-electron chi connectivity index (χ2n) is 5.99. The van der Waals surface area contributed by atoms with E-state index >= 15 is 0 Å². The predicted molar refractivity (Wildman–Crippen MR) is 92.3 cm³/mol. The maximum Gasteiger partial charge on any atom is 0.0642 e. The number of hydrogen-bond donors (Lipinski definition) is 1. The highest BCUT2D eigenvalue weighted by molar-refractivity contribution is 6.33. The lowest BCUT2D eigenvalue weighted by molar-refractivity contribution is 0.204. The van der Waals surface area contributed by atoms with Crippen molar-refractivity contribution in [3.05, 3.63) is 28.8 Å². The van der Waals surface area contributed by atoms with Gasteiger partial charge in [0.05, 0.1) is 17.3 Å². The van der Waals surface area contributed by atoms with Crippen molar-refractivity contribution in [1.29, 1.82) is 0 Å². The molecule has 0 heterocycles. The van der Waals surface area contributed by atoms with Crippen LogP contribution in [-0.4, -0.2) is 32.8 Å². The Morgan fingerprint density at radius 2 is 2.05 bits per heavy atom. The lowest BCUT2D eigenvalue weighted by atomic mass is 10.0. The quantitative estimate of drug-likeness (QED) is 0.755. The van der Waals surface area contributed by atoms with Gasteiger partial charge in [0.2, 0.25) is 0 Å². The van der Waals surface area contributed by atoms with Crippen molar-refractivity contribution in [2.24, 2.45) is 11.7 Å². The van der Waals surface area contributed by atoms with Gasteiger partial charge in [-0.1, -0.05) is 38.4 Å². The minimum Gasteiger partial charge on any atom is -0.383 e. The Kier molecular flexibility index (Phi) is 8.09. The lowest BCUT2D eigenvalue weighted by Crippen LogP contribution is -2.31. The van der Waals surface area contributed by atoms with Crippen molar-refractivity contribution in [3.8, 4) is 0 Å². The van der Waals surface area contributed by atoms with E-state index in [-0.39, 0.29) is 6.04 Å². The second kappa shape index (κ2) is 9.29. The maximum absolute atomic E-state index is 6.49. The van der Waals surface area contributed by atoms with Gasteiger partial charge in [-0.05, 0) is 36.5 Å². The predicted octanol–water partition coefficient (Wildman–Crippen LogP) is 3.73. The Hall–Kier alpha value is -0.770. The summed E-state index contributed by atoms with van der Waals surface area (Å²) in [5, 5.41) is 0.799. The maximum atomic E-state index is 6.49. The largest absolute Gasteiger partial charge is 0.383 e. The third-order valence-electron chi connectivity index (χ3n) is 3.53. The molecule has 1 atom stereocenters. The third kappa shape index (κ3) is 6.25. The molecular formula is C17H29ClN2O. The monoisotopic (exact) mass is 312 g/mol. The van der Waals surface area contributed by atoms with Gasteiger partial charge in [-0.15, -0.1) is 0 Å². The smallest absolute Gasteiger partial charge is 0.0642 e. The fourth-order valence-electron chi connectivity index (χ4n) is 2.33. The minimum absolute atomic E-state index is 0.201. The van der Waals surface area contributed by atoms with E-state index in [0.717, 1.165) is 36.6 Å².